The molecule has 7 heteroatoms. The van der Waals surface area contributed by atoms with Gasteiger partial charge in [0.05, 0.1) is 12.2 Å². The van der Waals surface area contributed by atoms with Gasteiger partial charge in [0.25, 0.3) is 0 Å². The van der Waals surface area contributed by atoms with Crippen molar-refractivity contribution in [1.82, 2.24) is 25.3 Å². The molecule has 0 aliphatic carbocycles. The first kappa shape index (κ1) is 18.8. The van der Waals surface area contributed by atoms with Crippen LogP contribution in [0.5, 0.6) is 0 Å². The minimum Gasteiger partial charge on any atom is -0.356 e. The zero-order chi connectivity index (χ0) is 16.4. The summed E-state index contributed by atoms with van der Waals surface area (Å²) in [6.45, 7) is 1.75. The number of guanidine groups is 1. The molecule has 0 spiro atoms. The molecule has 0 aromatic carbocycles. The molecule has 0 bridgehead atoms. The molecule has 126 valence electrons. The number of unbranched alkanes of at least 4 members (excludes halogenated alkanes) is 1. The van der Waals surface area contributed by atoms with E-state index in [4.69, 9.17) is 0 Å². The molecule has 1 aromatic heterocycles. The fourth-order valence-electron chi connectivity index (χ4n) is 2.20. The van der Waals surface area contributed by atoms with Gasteiger partial charge in [-0.15, -0.1) is 0 Å². The van der Waals surface area contributed by atoms with Crippen molar-refractivity contribution < 1.29 is 0 Å². The van der Waals surface area contributed by atoms with Crippen LogP contribution >= 0.6 is 11.8 Å². The van der Waals surface area contributed by atoms with E-state index < -0.39 is 0 Å². The SMILES string of the molecule is CN=C(NCCCCSC)NCC(c1cnn(C)c1)N(C)C. The lowest BCUT2D eigenvalue weighted by atomic mass is 10.1. The predicted octanol–water partition coefficient (Wildman–Crippen LogP) is 1.33. The zero-order valence-corrected chi connectivity index (χ0v) is 15.3. The van der Waals surface area contributed by atoms with E-state index in [9.17, 15) is 0 Å². The molecule has 1 aromatic rings. The Morgan fingerprint density at radius 1 is 1.41 bits per heavy atom. The molecule has 0 aliphatic rings. The lowest BCUT2D eigenvalue weighted by Crippen LogP contribution is -2.42. The number of aliphatic imine (C=N–C) groups is 1. The molecule has 0 saturated carbocycles. The molecule has 0 fully saturated rings. The normalized spacial score (nSPS) is 13.5. The fraction of sp³-hybridized carbons (Fsp3) is 0.733. The van der Waals surface area contributed by atoms with Crippen LogP contribution in [0.25, 0.3) is 0 Å². The van der Waals surface area contributed by atoms with Gasteiger partial charge >= 0.3 is 0 Å². The standard InChI is InChI=1S/C15H30N6S/c1-16-15(17-8-6-7-9-22-5)18-11-14(20(2)3)13-10-19-21(4)12-13/h10,12,14H,6-9,11H2,1-5H3,(H2,16,17,18). The molecule has 1 rings (SSSR count). The van der Waals surface area contributed by atoms with Crippen LogP contribution in [0, 0.1) is 0 Å². The maximum atomic E-state index is 4.29. The first-order valence-corrected chi connectivity index (χ1v) is 9.06. The molecular formula is C15H30N6S. The second-order valence-corrected chi connectivity index (χ2v) is 6.49. The molecule has 0 saturated heterocycles. The first-order valence-electron chi connectivity index (χ1n) is 7.67. The Morgan fingerprint density at radius 3 is 2.73 bits per heavy atom. The van der Waals surface area contributed by atoms with Crippen LogP contribution < -0.4 is 10.6 Å². The van der Waals surface area contributed by atoms with Crippen molar-refractivity contribution in [3.8, 4) is 0 Å². The van der Waals surface area contributed by atoms with Gasteiger partial charge in [-0.3, -0.25) is 9.67 Å². The average Bonchev–Trinajstić information content (AvgIpc) is 2.91. The predicted molar refractivity (Wildman–Crippen MR) is 96.6 cm³/mol. The molecule has 1 atom stereocenters. The minimum absolute atomic E-state index is 0.267. The molecule has 0 radical (unpaired) electrons. The van der Waals surface area contributed by atoms with Gasteiger partial charge in [0.1, 0.15) is 0 Å². The highest BCUT2D eigenvalue weighted by Gasteiger charge is 2.16. The summed E-state index contributed by atoms with van der Waals surface area (Å²) in [5.41, 5.74) is 1.20. The van der Waals surface area contributed by atoms with Crippen molar-refractivity contribution in [1.29, 1.82) is 0 Å². The second-order valence-electron chi connectivity index (χ2n) is 5.51. The van der Waals surface area contributed by atoms with Gasteiger partial charge in [-0.05, 0) is 38.9 Å². The third-order valence-electron chi connectivity index (χ3n) is 3.49. The number of hydrogen-bond acceptors (Lipinski definition) is 4. The summed E-state index contributed by atoms with van der Waals surface area (Å²) in [7, 11) is 7.92. The quantitative estimate of drug-likeness (QED) is 0.407. The number of rotatable bonds is 9. The smallest absolute Gasteiger partial charge is 0.191 e. The van der Waals surface area contributed by atoms with E-state index in [1.807, 2.05) is 36.7 Å². The number of aryl methyl sites for hydroxylation is 1. The Kier molecular flexibility index (Phi) is 9.00. The van der Waals surface area contributed by atoms with Crippen LogP contribution in [0.2, 0.25) is 0 Å². The molecule has 0 aliphatic heterocycles. The third kappa shape index (κ3) is 6.70. The molecule has 22 heavy (non-hydrogen) atoms. The number of likely N-dealkylation sites (N-methyl/N-ethyl adjacent to an activating group) is 1. The van der Waals surface area contributed by atoms with Crippen LogP contribution in [0.4, 0.5) is 0 Å². The molecule has 2 N–H and O–H groups in total. The Hall–Kier alpha value is -1.21. The van der Waals surface area contributed by atoms with Crippen LogP contribution in [-0.4, -0.2) is 66.9 Å². The minimum atomic E-state index is 0.267. The molecule has 6 nitrogen and oxygen atoms in total. The van der Waals surface area contributed by atoms with Crippen LogP contribution in [0.15, 0.2) is 17.4 Å². The second kappa shape index (κ2) is 10.5. The Labute approximate surface area is 138 Å². The zero-order valence-electron chi connectivity index (χ0n) is 14.5. The van der Waals surface area contributed by atoms with Crippen molar-refractivity contribution in [3.05, 3.63) is 18.0 Å². The van der Waals surface area contributed by atoms with Gasteiger partial charge in [0.2, 0.25) is 0 Å². The van der Waals surface area contributed by atoms with Crippen molar-refractivity contribution >= 4 is 17.7 Å². The first-order chi connectivity index (χ1) is 10.6. The fourth-order valence-corrected chi connectivity index (χ4v) is 2.70. The topological polar surface area (TPSA) is 57.5 Å². The van der Waals surface area contributed by atoms with Crippen molar-refractivity contribution in [2.45, 2.75) is 18.9 Å². The van der Waals surface area contributed by atoms with Crippen molar-refractivity contribution in [2.24, 2.45) is 12.0 Å². The summed E-state index contributed by atoms with van der Waals surface area (Å²) >= 11 is 1.90. The van der Waals surface area contributed by atoms with E-state index in [2.05, 4.69) is 52.2 Å². The highest BCUT2D eigenvalue weighted by molar-refractivity contribution is 7.98. The average molecular weight is 327 g/mol. The Balaban J connectivity index is 2.42. The van der Waals surface area contributed by atoms with Crippen molar-refractivity contribution in [2.75, 3.05) is 46.2 Å². The van der Waals surface area contributed by atoms with E-state index >= 15 is 0 Å². The van der Waals surface area contributed by atoms with E-state index in [1.165, 1.54) is 24.2 Å². The number of nitrogens with one attached hydrogen (secondary N) is 2. The Morgan fingerprint density at radius 2 is 2.18 bits per heavy atom. The molecule has 1 heterocycles. The number of thioether (sulfide) groups is 1. The third-order valence-corrected chi connectivity index (χ3v) is 4.18. The highest BCUT2D eigenvalue weighted by Crippen LogP contribution is 2.15. The molecule has 1 unspecified atom stereocenters. The van der Waals surface area contributed by atoms with E-state index in [0.717, 1.165) is 19.0 Å². The van der Waals surface area contributed by atoms with Gasteiger partial charge in [0, 0.05) is 38.9 Å². The van der Waals surface area contributed by atoms with Gasteiger partial charge in [0.15, 0.2) is 5.96 Å². The van der Waals surface area contributed by atoms with Crippen LogP contribution in [0.1, 0.15) is 24.4 Å². The highest BCUT2D eigenvalue weighted by atomic mass is 32.2. The maximum absolute atomic E-state index is 4.29. The van der Waals surface area contributed by atoms with E-state index in [0.29, 0.717) is 0 Å². The number of hydrogen-bond donors (Lipinski definition) is 2. The summed E-state index contributed by atoms with van der Waals surface area (Å²) in [5.74, 6) is 2.08. The molecular weight excluding hydrogens is 296 g/mol. The van der Waals surface area contributed by atoms with Crippen molar-refractivity contribution in [3.63, 3.8) is 0 Å². The van der Waals surface area contributed by atoms with E-state index in [1.54, 1.807) is 0 Å². The Bertz CT molecular complexity index is 443. The number of aromatic nitrogens is 2. The largest absolute Gasteiger partial charge is 0.356 e. The summed E-state index contributed by atoms with van der Waals surface area (Å²) in [5, 5.41) is 11.0. The van der Waals surface area contributed by atoms with E-state index in [-0.39, 0.29) is 6.04 Å². The van der Waals surface area contributed by atoms with Crippen LogP contribution in [-0.2, 0) is 7.05 Å². The molecule has 0 amide bonds. The summed E-state index contributed by atoms with van der Waals surface area (Å²) in [4.78, 5) is 6.48. The summed E-state index contributed by atoms with van der Waals surface area (Å²) in [6, 6.07) is 0.267. The summed E-state index contributed by atoms with van der Waals surface area (Å²) in [6.07, 6.45) is 8.53. The van der Waals surface area contributed by atoms with Gasteiger partial charge in [-0.25, -0.2) is 0 Å². The van der Waals surface area contributed by atoms with Crippen LogP contribution in [0.3, 0.4) is 0 Å². The monoisotopic (exact) mass is 326 g/mol. The van der Waals surface area contributed by atoms with Gasteiger partial charge < -0.3 is 15.5 Å². The summed E-state index contributed by atoms with van der Waals surface area (Å²) < 4.78 is 1.84. The number of nitrogens with zero attached hydrogens (tertiary/aromatic N) is 4. The van der Waals surface area contributed by atoms with Gasteiger partial charge in [-0.2, -0.15) is 16.9 Å². The lowest BCUT2D eigenvalue weighted by Gasteiger charge is -2.24. The lowest BCUT2D eigenvalue weighted by molar-refractivity contribution is 0.298. The van der Waals surface area contributed by atoms with Gasteiger partial charge in [-0.1, -0.05) is 0 Å². The maximum Gasteiger partial charge on any atom is 0.191 e.